The van der Waals surface area contributed by atoms with Crippen molar-refractivity contribution in [2.24, 2.45) is 0 Å². The molecule has 0 unspecified atom stereocenters. The Kier molecular flexibility index (Phi) is 4.61. The fraction of sp³-hybridized carbons (Fsp3) is 0.381. The molecule has 1 fully saturated rings. The van der Waals surface area contributed by atoms with Crippen LogP contribution in [0.1, 0.15) is 31.7 Å². The van der Waals surface area contributed by atoms with Gasteiger partial charge in [-0.2, -0.15) is 0 Å². The smallest absolute Gasteiger partial charge is 0.487 e. The van der Waals surface area contributed by atoms with Gasteiger partial charge in [-0.05, 0) is 42.7 Å². The van der Waals surface area contributed by atoms with Crippen LogP contribution in [0, 0.1) is 0 Å². The van der Waals surface area contributed by atoms with Gasteiger partial charge in [0.15, 0.2) is 11.5 Å². The molecule has 2 aliphatic heterocycles. The van der Waals surface area contributed by atoms with E-state index in [2.05, 4.69) is 9.47 Å². The van der Waals surface area contributed by atoms with E-state index in [4.69, 9.17) is 4.74 Å². The van der Waals surface area contributed by atoms with E-state index in [1.807, 2.05) is 36.1 Å². The van der Waals surface area contributed by atoms with Crippen molar-refractivity contribution in [2.45, 2.75) is 38.6 Å². The van der Waals surface area contributed by atoms with Gasteiger partial charge in [0.25, 0.3) is 0 Å². The third kappa shape index (κ3) is 3.88. The predicted octanol–water partition coefficient (Wildman–Crippen LogP) is 4.36. The van der Waals surface area contributed by atoms with Gasteiger partial charge >= 0.3 is 6.29 Å². The van der Waals surface area contributed by atoms with Crippen LogP contribution in [0.4, 0.5) is 14.5 Å². The summed E-state index contributed by atoms with van der Waals surface area (Å²) in [6.07, 6.45) is -3.05. The number of anilines is 1. The summed E-state index contributed by atoms with van der Waals surface area (Å²) in [7, 11) is 0. The Labute approximate surface area is 161 Å². The predicted molar refractivity (Wildman–Crippen MR) is 99.4 cm³/mol. The quantitative estimate of drug-likeness (QED) is 0.735. The molecular formula is C21H21F2NO4. The second-order valence-corrected chi connectivity index (χ2v) is 7.32. The fourth-order valence-corrected chi connectivity index (χ4v) is 3.47. The van der Waals surface area contributed by atoms with E-state index in [-0.39, 0.29) is 29.3 Å². The van der Waals surface area contributed by atoms with Crippen LogP contribution in [-0.4, -0.2) is 31.3 Å². The Balaban J connectivity index is 1.31. The van der Waals surface area contributed by atoms with Crippen LogP contribution < -0.4 is 19.1 Å². The molecular weight excluding hydrogens is 368 g/mol. The number of Topliss-reactive ketones (excluding diaryl/α,β-unsaturated/α-hetero) is 1. The number of carbonyl (C=O) groups excluding carboxylic acids is 1. The highest BCUT2D eigenvalue weighted by Crippen LogP contribution is 2.43. The highest BCUT2D eigenvalue weighted by Gasteiger charge is 2.43. The Morgan fingerprint density at radius 1 is 1.18 bits per heavy atom. The van der Waals surface area contributed by atoms with Crippen molar-refractivity contribution in [2.75, 3.05) is 18.0 Å². The Bertz CT molecular complexity index is 878. The third-order valence-corrected chi connectivity index (χ3v) is 4.94. The number of ether oxygens (including phenoxy) is 3. The van der Waals surface area contributed by atoms with Gasteiger partial charge in [-0.15, -0.1) is 8.78 Å². The van der Waals surface area contributed by atoms with Gasteiger partial charge in [-0.1, -0.05) is 19.1 Å². The number of halogens is 2. The molecule has 0 saturated carbocycles. The van der Waals surface area contributed by atoms with E-state index in [1.54, 1.807) is 19.1 Å². The summed E-state index contributed by atoms with van der Waals surface area (Å²) in [4.78, 5) is 13.3. The van der Waals surface area contributed by atoms with Gasteiger partial charge in [0.1, 0.15) is 17.6 Å². The minimum atomic E-state index is -3.60. The lowest BCUT2D eigenvalue weighted by Gasteiger charge is -2.40. The topological polar surface area (TPSA) is 48.0 Å². The van der Waals surface area contributed by atoms with E-state index in [0.29, 0.717) is 19.5 Å². The van der Waals surface area contributed by atoms with Gasteiger partial charge < -0.3 is 23.9 Å². The van der Waals surface area contributed by atoms with Crippen LogP contribution >= 0.6 is 0 Å². The van der Waals surface area contributed by atoms with Crippen LogP contribution in [0.15, 0.2) is 42.5 Å². The maximum atomic E-state index is 13.1. The first kappa shape index (κ1) is 18.5. The first-order valence-corrected chi connectivity index (χ1v) is 9.20. The summed E-state index contributed by atoms with van der Waals surface area (Å²) in [5.41, 5.74) is 1.89. The monoisotopic (exact) mass is 389 g/mol. The number of ketones is 1. The molecule has 0 radical (unpaired) electrons. The second-order valence-electron chi connectivity index (χ2n) is 7.32. The summed E-state index contributed by atoms with van der Waals surface area (Å²) in [5.74, 6) is 1.22. The van der Waals surface area contributed by atoms with E-state index in [9.17, 15) is 13.6 Å². The minimum absolute atomic E-state index is 0.0207. The lowest BCUT2D eigenvalue weighted by atomic mass is 9.96. The van der Waals surface area contributed by atoms with Crippen LogP contribution in [-0.2, 0) is 4.79 Å². The highest BCUT2D eigenvalue weighted by molar-refractivity contribution is 5.76. The van der Waals surface area contributed by atoms with Crippen molar-refractivity contribution in [3.63, 3.8) is 0 Å². The number of nitrogens with zero attached hydrogens (tertiary/aromatic N) is 1. The highest BCUT2D eigenvalue weighted by atomic mass is 19.3. The summed E-state index contributed by atoms with van der Waals surface area (Å²) in [5, 5.41) is 0. The number of rotatable bonds is 6. The maximum Gasteiger partial charge on any atom is 0.586 e. The SMILES string of the molecule is CC(=O)C[C@@H](C)c1ccc(OC2CN(c3ccc4c(c3)OC(F)(F)O4)C2)cc1. The molecule has 4 rings (SSSR count). The number of fused-ring (bicyclic) bond motifs is 1. The molecule has 2 aliphatic rings. The van der Waals surface area contributed by atoms with Crippen LogP contribution in [0.5, 0.6) is 17.2 Å². The van der Waals surface area contributed by atoms with Gasteiger partial charge in [0, 0.05) is 18.2 Å². The van der Waals surface area contributed by atoms with Crippen molar-refractivity contribution in [3.05, 3.63) is 48.0 Å². The van der Waals surface area contributed by atoms with Crippen LogP contribution in [0.3, 0.4) is 0 Å². The van der Waals surface area contributed by atoms with Crippen LogP contribution in [0.25, 0.3) is 0 Å². The zero-order valence-corrected chi connectivity index (χ0v) is 15.7. The number of alkyl halides is 2. The van der Waals surface area contributed by atoms with Crippen LogP contribution in [0.2, 0.25) is 0 Å². The Morgan fingerprint density at radius 2 is 1.86 bits per heavy atom. The van der Waals surface area contributed by atoms with Gasteiger partial charge in [0.2, 0.25) is 0 Å². The van der Waals surface area contributed by atoms with Gasteiger partial charge in [-0.25, -0.2) is 0 Å². The Hall–Kier alpha value is -2.83. The number of hydrogen-bond acceptors (Lipinski definition) is 5. The van der Waals surface area contributed by atoms with Crippen molar-refractivity contribution in [1.82, 2.24) is 0 Å². The normalized spacial score (nSPS) is 18.5. The molecule has 0 N–H and O–H groups in total. The summed E-state index contributed by atoms with van der Waals surface area (Å²) >= 11 is 0. The number of hydrogen-bond donors (Lipinski definition) is 0. The Morgan fingerprint density at radius 3 is 2.54 bits per heavy atom. The van der Waals surface area contributed by atoms with E-state index in [1.165, 1.54) is 6.07 Å². The van der Waals surface area contributed by atoms with Crippen molar-refractivity contribution in [3.8, 4) is 17.2 Å². The molecule has 7 heteroatoms. The van der Waals surface area contributed by atoms with Crippen molar-refractivity contribution < 1.29 is 27.8 Å². The van der Waals surface area contributed by atoms with E-state index < -0.39 is 6.29 Å². The average Bonchev–Trinajstić information content (AvgIpc) is 2.90. The zero-order chi connectivity index (χ0) is 19.9. The lowest BCUT2D eigenvalue weighted by molar-refractivity contribution is -0.286. The molecule has 2 heterocycles. The summed E-state index contributed by atoms with van der Waals surface area (Å²) in [6, 6.07) is 12.6. The number of benzene rings is 2. The molecule has 2 aromatic carbocycles. The lowest BCUT2D eigenvalue weighted by Crippen LogP contribution is -2.54. The standard InChI is InChI=1S/C21H21F2NO4/c1-13(9-14(2)25)15-3-6-17(7-4-15)26-18-11-24(12-18)16-5-8-19-20(10-16)28-21(22,23)27-19/h3-8,10,13,18H,9,11-12H2,1-2H3/t13-/m1/s1. The largest absolute Gasteiger partial charge is 0.586 e. The summed E-state index contributed by atoms with van der Waals surface area (Å²) < 4.78 is 41.1. The molecule has 0 spiro atoms. The molecule has 2 aromatic rings. The van der Waals surface area contributed by atoms with Crippen molar-refractivity contribution >= 4 is 11.5 Å². The third-order valence-electron chi connectivity index (χ3n) is 4.94. The molecule has 0 aliphatic carbocycles. The van der Waals surface area contributed by atoms with Crippen molar-refractivity contribution in [1.29, 1.82) is 0 Å². The molecule has 5 nitrogen and oxygen atoms in total. The zero-order valence-electron chi connectivity index (χ0n) is 15.7. The molecule has 28 heavy (non-hydrogen) atoms. The minimum Gasteiger partial charge on any atom is -0.487 e. The molecule has 1 saturated heterocycles. The molecule has 1 atom stereocenters. The molecule has 0 amide bonds. The maximum absolute atomic E-state index is 13.1. The van der Waals surface area contributed by atoms with E-state index >= 15 is 0 Å². The second kappa shape index (κ2) is 6.96. The molecule has 148 valence electrons. The fourth-order valence-electron chi connectivity index (χ4n) is 3.47. The van der Waals surface area contributed by atoms with E-state index in [0.717, 1.165) is 17.0 Å². The summed E-state index contributed by atoms with van der Waals surface area (Å²) in [6.45, 7) is 4.93. The average molecular weight is 389 g/mol. The molecule has 0 bridgehead atoms. The molecule has 0 aromatic heterocycles. The first-order valence-electron chi connectivity index (χ1n) is 9.20. The number of carbonyl (C=O) groups is 1. The first-order chi connectivity index (χ1) is 13.3. The van der Waals surface area contributed by atoms with Gasteiger partial charge in [0.05, 0.1) is 13.1 Å². The van der Waals surface area contributed by atoms with Gasteiger partial charge in [-0.3, -0.25) is 0 Å².